The minimum atomic E-state index is -0.910. The van der Waals surface area contributed by atoms with E-state index in [1.165, 1.54) is 0 Å². The fourth-order valence-electron chi connectivity index (χ4n) is 1.15. The second-order valence-electron chi connectivity index (χ2n) is 4.07. The molecule has 1 amide bonds. The van der Waals surface area contributed by atoms with Crippen molar-refractivity contribution in [2.45, 2.75) is 25.8 Å². The van der Waals surface area contributed by atoms with E-state index in [1.54, 1.807) is 32.2 Å². The number of hydrogen-bond acceptors (Lipinski definition) is 3. The van der Waals surface area contributed by atoms with Crippen LogP contribution in [0.25, 0.3) is 0 Å². The van der Waals surface area contributed by atoms with Crippen LogP contribution in [0.15, 0.2) is 18.2 Å². The summed E-state index contributed by atoms with van der Waals surface area (Å²) >= 11 is 5.98. The van der Waals surface area contributed by atoms with Crippen molar-refractivity contribution in [2.75, 3.05) is 12.4 Å². The van der Waals surface area contributed by atoms with Gasteiger partial charge in [-0.15, -0.1) is 0 Å². The summed E-state index contributed by atoms with van der Waals surface area (Å²) in [6.45, 7) is 3.53. The van der Waals surface area contributed by atoms with E-state index in [2.05, 4.69) is 5.32 Å². The molecule has 0 aromatic heterocycles. The van der Waals surface area contributed by atoms with E-state index in [-0.39, 0.29) is 5.91 Å². The molecule has 0 aliphatic carbocycles. The van der Waals surface area contributed by atoms with Crippen molar-refractivity contribution in [3.8, 4) is 5.75 Å². The molecule has 0 radical (unpaired) electrons. The first-order valence-corrected chi connectivity index (χ1v) is 5.72. The molecule has 1 rings (SSSR count). The highest BCUT2D eigenvalue weighted by atomic mass is 35.5. The molecule has 1 unspecified atom stereocenters. The maximum atomic E-state index is 11.9. The predicted octanol–water partition coefficient (Wildman–Crippen LogP) is 2.41. The zero-order valence-electron chi connectivity index (χ0n) is 10.2. The zero-order valence-corrected chi connectivity index (χ0v) is 11.0. The van der Waals surface area contributed by atoms with Crippen molar-refractivity contribution in [1.29, 1.82) is 0 Å². The van der Waals surface area contributed by atoms with Gasteiger partial charge in [-0.05, 0) is 25.5 Å². The minimum Gasteiger partial charge on any atom is -0.497 e. The maximum absolute atomic E-state index is 11.9. The van der Waals surface area contributed by atoms with Crippen molar-refractivity contribution >= 4 is 23.2 Å². The lowest BCUT2D eigenvalue weighted by Crippen LogP contribution is -2.47. The molecule has 1 atom stereocenters. The highest BCUT2D eigenvalue weighted by Gasteiger charge is 2.26. The molecule has 17 heavy (non-hydrogen) atoms. The minimum absolute atomic E-state index is 0.268. The Balaban J connectivity index is 2.91. The van der Waals surface area contributed by atoms with Gasteiger partial charge < -0.3 is 15.8 Å². The van der Waals surface area contributed by atoms with E-state index in [0.29, 0.717) is 22.9 Å². The predicted molar refractivity (Wildman–Crippen MR) is 69.5 cm³/mol. The van der Waals surface area contributed by atoms with Crippen molar-refractivity contribution < 1.29 is 9.53 Å². The van der Waals surface area contributed by atoms with Gasteiger partial charge >= 0.3 is 0 Å². The number of carbonyl (C=O) groups is 1. The maximum Gasteiger partial charge on any atom is 0.244 e. The van der Waals surface area contributed by atoms with Gasteiger partial charge in [-0.25, -0.2) is 0 Å². The molecule has 4 nitrogen and oxygen atoms in total. The van der Waals surface area contributed by atoms with E-state index in [1.807, 2.05) is 6.92 Å². The average Bonchev–Trinajstić information content (AvgIpc) is 2.31. The third kappa shape index (κ3) is 3.35. The van der Waals surface area contributed by atoms with Crippen LogP contribution >= 0.6 is 11.6 Å². The van der Waals surface area contributed by atoms with Gasteiger partial charge in [0.2, 0.25) is 5.91 Å². The number of amides is 1. The molecule has 5 heteroatoms. The third-order valence-electron chi connectivity index (χ3n) is 2.67. The van der Waals surface area contributed by atoms with Gasteiger partial charge in [0.15, 0.2) is 0 Å². The monoisotopic (exact) mass is 256 g/mol. The van der Waals surface area contributed by atoms with Gasteiger partial charge in [0.05, 0.1) is 23.4 Å². The lowest BCUT2D eigenvalue weighted by Gasteiger charge is -2.22. The van der Waals surface area contributed by atoms with Gasteiger partial charge in [-0.3, -0.25) is 4.79 Å². The number of hydrogen-bond donors (Lipinski definition) is 2. The normalized spacial score (nSPS) is 13.9. The van der Waals surface area contributed by atoms with Gasteiger partial charge in [0, 0.05) is 6.07 Å². The second-order valence-corrected chi connectivity index (χ2v) is 4.48. The number of anilines is 1. The number of halogens is 1. The molecule has 0 fully saturated rings. The van der Waals surface area contributed by atoms with E-state index in [0.717, 1.165) is 0 Å². The fourth-order valence-corrected chi connectivity index (χ4v) is 1.32. The SMILES string of the molecule is CCC(C)(N)C(=O)Nc1cc(OC)ccc1Cl. The number of methoxy groups -OCH3 is 1. The smallest absolute Gasteiger partial charge is 0.244 e. The number of nitrogens with two attached hydrogens (primary N) is 1. The number of ether oxygens (including phenoxy) is 1. The molecule has 3 N–H and O–H groups in total. The van der Waals surface area contributed by atoms with Crippen molar-refractivity contribution in [3.63, 3.8) is 0 Å². The fraction of sp³-hybridized carbons (Fsp3) is 0.417. The van der Waals surface area contributed by atoms with Crippen LogP contribution in [-0.4, -0.2) is 18.6 Å². The Morgan fingerprint density at radius 2 is 2.24 bits per heavy atom. The molecule has 0 spiro atoms. The van der Waals surface area contributed by atoms with Gasteiger partial charge in [0.25, 0.3) is 0 Å². The lowest BCUT2D eigenvalue weighted by atomic mass is 9.99. The molecule has 0 bridgehead atoms. The topological polar surface area (TPSA) is 64.4 Å². The Morgan fingerprint density at radius 3 is 2.76 bits per heavy atom. The van der Waals surface area contributed by atoms with Crippen molar-refractivity contribution in [2.24, 2.45) is 5.73 Å². The highest BCUT2D eigenvalue weighted by molar-refractivity contribution is 6.33. The van der Waals surface area contributed by atoms with Gasteiger partial charge in [-0.2, -0.15) is 0 Å². The summed E-state index contributed by atoms with van der Waals surface area (Å²) < 4.78 is 5.06. The molecular formula is C12H17ClN2O2. The van der Waals surface area contributed by atoms with E-state index >= 15 is 0 Å². The Morgan fingerprint density at radius 1 is 1.59 bits per heavy atom. The summed E-state index contributed by atoms with van der Waals surface area (Å²) in [5, 5.41) is 3.15. The Hall–Kier alpha value is -1.26. The summed E-state index contributed by atoms with van der Waals surface area (Å²) in [7, 11) is 1.55. The largest absolute Gasteiger partial charge is 0.497 e. The molecule has 1 aromatic rings. The number of benzene rings is 1. The highest BCUT2D eigenvalue weighted by Crippen LogP contribution is 2.27. The number of rotatable bonds is 4. The molecule has 0 saturated heterocycles. The second kappa shape index (κ2) is 5.38. The summed E-state index contributed by atoms with van der Waals surface area (Å²) in [6, 6.07) is 5.04. The Kier molecular flexibility index (Phi) is 4.37. The molecular weight excluding hydrogens is 240 g/mol. The zero-order chi connectivity index (χ0) is 13.1. The molecule has 94 valence electrons. The summed E-state index contributed by atoms with van der Waals surface area (Å²) in [6.07, 6.45) is 0.542. The first-order valence-electron chi connectivity index (χ1n) is 5.34. The van der Waals surface area contributed by atoms with E-state index in [9.17, 15) is 4.79 Å². The summed E-state index contributed by atoms with van der Waals surface area (Å²) in [5.74, 6) is 0.357. The molecule has 0 aliphatic rings. The van der Waals surface area contributed by atoms with Crippen LogP contribution in [0.4, 0.5) is 5.69 Å². The summed E-state index contributed by atoms with van der Waals surface area (Å²) in [4.78, 5) is 11.9. The molecule has 0 aliphatic heterocycles. The summed E-state index contributed by atoms with van der Waals surface area (Å²) in [5.41, 5.74) is 5.43. The van der Waals surface area contributed by atoms with Gasteiger partial charge in [0.1, 0.15) is 5.75 Å². The van der Waals surface area contributed by atoms with E-state index < -0.39 is 5.54 Å². The number of carbonyl (C=O) groups excluding carboxylic acids is 1. The molecule has 1 aromatic carbocycles. The standard InChI is InChI=1S/C12H17ClN2O2/c1-4-12(2,14)11(16)15-10-7-8(17-3)5-6-9(10)13/h5-7H,4,14H2,1-3H3,(H,15,16). The van der Waals surface area contributed by atoms with Crippen LogP contribution in [0.3, 0.4) is 0 Å². The first-order chi connectivity index (χ1) is 7.90. The van der Waals surface area contributed by atoms with Crippen LogP contribution < -0.4 is 15.8 Å². The molecule has 0 saturated carbocycles. The first kappa shape index (κ1) is 13.8. The lowest BCUT2D eigenvalue weighted by molar-refractivity contribution is -0.120. The van der Waals surface area contributed by atoms with Crippen LogP contribution in [0.1, 0.15) is 20.3 Å². The number of nitrogens with one attached hydrogen (secondary N) is 1. The van der Waals surface area contributed by atoms with E-state index in [4.69, 9.17) is 22.1 Å². The van der Waals surface area contributed by atoms with Crippen LogP contribution in [0, 0.1) is 0 Å². The van der Waals surface area contributed by atoms with Crippen LogP contribution in [0.5, 0.6) is 5.75 Å². The quantitative estimate of drug-likeness (QED) is 0.870. The molecule has 0 heterocycles. The Labute approximate surface area is 106 Å². The van der Waals surface area contributed by atoms with Crippen LogP contribution in [0.2, 0.25) is 5.02 Å². The van der Waals surface area contributed by atoms with Crippen molar-refractivity contribution in [1.82, 2.24) is 0 Å². The van der Waals surface area contributed by atoms with Crippen molar-refractivity contribution in [3.05, 3.63) is 23.2 Å². The van der Waals surface area contributed by atoms with Crippen LogP contribution in [-0.2, 0) is 4.79 Å². The average molecular weight is 257 g/mol. The van der Waals surface area contributed by atoms with Gasteiger partial charge in [-0.1, -0.05) is 18.5 Å². The Bertz CT molecular complexity index is 419. The third-order valence-corrected chi connectivity index (χ3v) is 3.00.